The van der Waals surface area contributed by atoms with E-state index in [1.807, 2.05) is 57.1 Å². The first kappa shape index (κ1) is 19.6. The van der Waals surface area contributed by atoms with E-state index in [9.17, 15) is 9.90 Å². The number of phenolic OH excluding ortho intramolecular Hbond substituents is 1. The molecule has 0 heterocycles. The molecule has 1 amide bonds. The lowest BCUT2D eigenvalue weighted by Gasteiger charge is -2.15. The van der Waals surface area contributed by atoms with Gasteiger partial charge in [-0.05, 0) is 85.7 Å². The minimum Gasteiger partial charge on any atom is -0.507 e. The van der Waals surface area contributed by atoms with Gasteiger partial charge >= 0.3 is 0 Å². The van der Waals surface area contributed by atoms with Crippen LogP contribution in [-0.4, -0.2) is 25.1 Å². The zero-order valence-corrected chi connectivity index (χ0v) is 16.0. The fourth-order valence-corrected chi connectivity index (χ4v) is 2.95. The molecule has 0 radical (unpaired) electrons. The zero-order valence-electron chi connectivity index (χ0n) is 16.0. The molecule has 0 unspecified atom stereocenters. The lowest BCUT2D eigenvalue weighted by Crippen LogP contribution is -2.14. The molecule has 0 aliphatic carbocycles. The largest absolute Gasteiger partial charge is 0.507 e. The Balaban J connectivity index is 1.98. The number of aryl methyl sites for hydroxylation is 3. The van der Waals surface area contributed by atoms with Crippen LogP contribution < -0.4 is 10.6 Å². The fraction of sp³-hybridized carbons (Fsp3) is 0.318. The second-order valence-electron chi connectivity index (χ2n) is 6.94. The Kier molecular flexibility index (Phi) is 6.45. The van der Waals surface area contributed by atoms with Gasteiger partial charge in [0.05, 0.1) is 0 Å². The average Bonchev–Trinajstić information content (AvgIpc) is 2.58. The van der Waals surface area contributed by atoms with Crippen molar-refractivity contribution in [3.63, 3.8) is 0 Å². The molecule has 0 saturated carbocycles. The molecule has 4 nitrogen and oxygen atoms in total. The highest BCUT2D eigenvalue weighted by Gasteiger charge is 2.07. The van der Waals surface area contributed by atoms with Crippen LogP contribution in [0.2, 0.25) is 0 Å². The van der Waals surface area contributed by atoms with Crippen LogP contribution in [0.25, 0.3) is 6.08 Å². The van der Waals surface area contributed by atoms with E-state index in [1.165, 1.54) is 0 Å². The van der Waals surface area contributed by atoms with Gasteiger partial charge in [-0.3, -0.25) is 4.79 Å². The second-order valence-corrected chi connectivity index (χ2v) is 6.94. The van der Waals surface area contributed by atoms with Gasteiger partial charge in [-0.15, -0.1) is 0 Å². The Morgan fingerprint density at radius 1 is 1.12 bits per heavy atom. The monoisotopic (exact) mass is 352 g/mol. The van der Waals surface area contributed by atoms with Crippen molar-refractivity contribution in [2.45, 2.75) is 33.1 Å². The third-order valence-corrected chi connectivity index (χ3v) is 4.44. The minimum absolute atomic E-state index is 0.369. The minimum atomic E-state index is -0.395. The quantitative estimate of drug-likeness (QED) is 0.734. The van der Waals surface area contributed by atoms with E-state index in [0.717, 1.165) is 47.2 Å². The van der Waals surface area contributed by atoms with E-state index in [-0.39, 0.29) is 0 Å². The maximum atomic E-state index is 11.5. The summed E-state index contributed by atoms with van der Waals surface area (Å²) in [6, 6.07) is 9.77. The Morgan fingerprint density at radius 3 is 2.35 bits per heavy atom. The van der Waals surface area contributed by atoms with Gasteiger partial charge in [-0.2, -0.15) is 0 Å². The number of nitrogens with zero attached hydrogens (tertiary/aromatic N) is 1. The van der Waals surface area contributed by atoms with Gasteiger partial charge in [0, 0.05) is 25.3 Å². The highest BCUT2D eigenvalue weighted by atomic mass is 16.3. The number of unbranched alkanes of at least 4 members (excludes halogenated alkanes) is 1. The van der Waals surface area contributed by atoms with Crippen molar-refractivity contribution in [3.8, 4) is 5.75 Å². The molecule has 0 fully saturated rings. The van der Waals surface area contributed by atoms with Gasteiger partial charge < -0.3 is 15.7 Å². The number of benzene rings is 2. The topological polar surface area (TPSA) is 66.6 Å². The van der Waals surface area contributed by atoms with E-state index in [0.29, 0.717) is 11.3 Å². The second kappa shape index (κ2) is 8.56. The predicted octanol–water partition coefficient (Wildman–Crippen LogP) is 4.21. The number of phenols is 1. The zero-order chi connectivity index (χ0) is 19.3. The summed E-state index contributed by atoms with van der Waals surface area (Å²) in [4.78, 5) is 13.5. The smallest absolute Gasteiger partial charge is 0.248 e. The SMILES string of the molecule is Cc1cc(C=CCCCc2cc(C(N)=O)cc(N(C)C)c2)cc(C)c1O. The fourth-order valence-electron chi connectivity index (χ4n) is 2.95. The number of rotatable bonds is 7. The van der Waals surface area contributed by atoms with E-state index >= 15 is 0 Å². The van der Waals surface area contributed by atoms with Crippen LogP contribution in [0.15, 0.2) is 36.4 Å². The highest BCUT2D eigenvalue weighted by Crippen LogP contribution is 2.24. The standard InChI is InChI=1S/C22H28N2O2/c1-15-10-17(11-16(2)21(15)25)8-6-5-7-9-18-12-19(22(23)26)14-20(13-18)24(3)4/h6,8,10-14,25H,5,7,9H2,1-4H3,(H2,23,26). The number of hydrogen-bond acceptors (Lipinski definition) is 3. The summed E-state index contributed by atoms with van der Waals surface area (Å²) in [6.07, 6.45) is 7.05. The number of carbonyl (C=O) groups is 1. The van der Waals surface area contributed by atoms with Gasteiger partial charge in [0.25, 0.3) is 0 Å². The number of allylic oxidation sites excluding steroid dienone is 1. The van der Waals surface area contributed by atoms with Crippen LogP contribution in [0.4, 0.5) is 5.69 Å². The number of carbonyl (C=O) groups excluding carboxylic acids is 1. The van der Waals surface area contributed by atoms with Crippen molar-refractivity contribution in [1.29, 1.82) is 0 Å². The molecule has 0 spiro atoms. The molecule has 0 bridgehead atoms. The summed E-state index contributed by atoms with van der Waals surface area (Å²) in [6.45, 7) is 3.82. The van der Waals surface area contributed by atoms with Gasteiger partial charge in [0.1, 0.15) is 5.75 Å². The third-order valence-electron chi connectivity index (χ3n) is 4.44. The van der Waals surface area contributed by atoms with E-state index in [4.69, 9.17) is 5.73 Å². The first-order valence-electron chi connectivity index (χ1n) is 8.86. The van der Waals surface area contributed by atoms with Crippen LogP contribution in [0.1, 0.15) is 45.5 Å². The molecular weight excluding hydrogens is 324 g/mol. The normalized spacial score (nSPS) is 11.1. The summed E-state index contributed by atoms with van der Waals surface area (Å²) in [5.74, 6) is -0.0268. The lowest BCUT2D eigenvalue weighted by atomic mass is 10.0. The van der Waals surface area contributed by atoms with Gasteiger partial charge in [-0.1, -0.05) is 12.2 Å². The van der Waals surface area contributed by atoms with Crippen molar-refractivity contribution < 1.29 is 9.90 Å². The van der Waals surface area contributed by atoms with E-state index in [1.54, 1.807) is 0 Å². The molecule has 0 aliphatic rings. The first-order valence-corrected chi connectivity index (χ1v) is 8.86. The third kappa shape index (κ3) is 5.12. The molecule has 2 aromatic rings. The molecule has 26 heavy (non-hydrogen) atoms. The Hall–Kier alpha value is -2.75. The van der Waals surface area contributed by atoms with Crippen LogP contribution in [0, 0.1) is 13.8 Å². The Bertz CT molecular complexity index is 800. The van der Waals surface area contributed by atoms with Crippen molar-refractivity contribution in [1.82, 2.24) is 0 Å². The van der Waals surface area contributed by atoms with Gasteiger partial charge in [0.15, 0.2) is 0 Å². The van der Waals surface area contributed by atoms with Crippen LogP contribution in [-0.2, 0) is 6.42 Å². The maximum absolute atomic E-state index is 11.5. The number of primary amides is 1. The molecule has 3 N–H and O–H groups in total. The van der Waals surface area contributed by atoms with Gasteiger partial charge in [0.2, 0.25) is 5.91 Å². The molecule has 0 atom stereocenters. The molecule has 2 rings (SSSR count). The molecule has 2 aromatic carbocycles. The van der Waals surface area contributed by atoms with Gasteiger partial charge in [-0.25, -0.2) is 0 Å². The van der Waals surface area contributed by atoms with Crippen molar-refractivity contribution in [2.24, 2.45) is 5.73 Å². The summed E-state index contributed by atoms with van der Waals surface area (Å²) in [5.41, 5.74) is 11.0. The van der Waals surface area contributed by atoms with E-state index < -0.39 is 5.91 Å². The van der Waals surface area contributed by atoms with Crippen molar-refractivity contribution in [3.05, 3.63) is 64.2 Å². The number of amides is 1. The Morgan fingerprint density at radius 2 is 1.77 bits per heavy atom. The lowest BCUT2D eigenvalue weighted by molar-refractivity contribution is 0.1000. The molecule has 0 aromatic heterocycles. The molecule has 0 aliphatic heterocycles. The highest BCUT2D eigenvalue weighted by molar-refractivity contribution is 5.94. The molecule has 4 heteroatoms. The van der Waals surface area contributed by atoms with Crippen molar-refractivity contribution >= 4 is 17.7 Å². The Labute approximate surface area is 156 Å². The first-order chi connectivity index (χ1) is 12.3. The number of hydrogen-bond donors (Lipinski definition) is 2. The van der Waals surface area contributed by atoms with Crippen LogP contribution in [0.5, 0.6) is 5.75 Å². The number of nitrogens with two attached hydrogens (primary N) is 1. The molecular formula is C22H28N2O2. The predicted molar refractivity (Wildman–Crippen MR) is 109 cm³/mol. The molecule has 0 saturated heterocycles. The van der Waals surface area contributed by atoms with Crippen LogP contribution in [0.3, 0.4) is 0 Å². The van der Waals surface area contributed by atoms with E-state index in [2.05, 4.69) is 18.2 Å². The maximum Gasteiger partial charge on any atom is 0.248 e. The van der Waals surface area contributed by atoms with Crippen LogP contribution >= 0.6 is 0 Å². The summed E-state index contributed by atoms with van der Waals surface area (Å²) in [7, 11) is 3.91. The average molecular weight is 352 g/mol. The number of anilines is 1. The molecule has 138 valence electrons. The number of aromatic hydroxyl groups is 1. The summed E-state index contributed by atoms with van der Waals surface area (Å²) < 4.78 is 0. The summed E-state index contributed by atoms with van der Waals surface area (Å²) in [5, 5.41) is 9.83. The summed E-state index contributed by atoms with van der Waals surface area (Å²) >= 11 is 0. The van der Waals surface area contributed by atoms with Crippen molar-refractivity contribution in [2.75, 3.05) is 19.0 Å².